The fourth-order valence-corrected chi connectivity index (χ4v) is 2.88. The fraction of sp³-hybridized carbons (Fsp3) is 0.529. The molecule has 1 aromatic rings. The summed E-state index contributed by atoms with van der Waals surface area (Å²) in [7, 11) is 1.76. The van der Waals surface area contributed by atoms with Crippen molar-refractivity contribution in [2.45, 2.75) is 45.4 Å². The maximum absolute atomic E-state index is 12.2. The topological polar surface area (TPSA) is 49.4 Å². The van der Waals surface area contributed by atoms with E-state index in [-0.39, 0.29) is 17.1 Å². The molecule has 0 radical (unpaired) electrons. The Bertz CT molecular complexity index is 505. The second-order valence-electron chi connectivity index (χ2n) is 5.43. The first kappa shape index (κ1) is 18.6. The normalized spacial score (nSPS) is 11.8. The number of benzene rings is 1. The Balaban J connectivity index is 2.58. The average Bonchev–Trinajstić information content (AvgIpc) is 2.47. The first-order valence-electron chi connectivity index (χ1n) is 7.67. The van der Waals surface area contributed by atoms with Crippen LogP contribution in [-0.4, -0.2) is 34.8 Å². The number of carbonyl (C=O) groups is 2. The van der Waals surface area contributed by atoms with Gasteiger partial charge in [0.25, 0.3) is 0 Å². The molecule has 0 bridgehead atoms. The highest BCUT2D eigenvalue weighted by molar-refractivity contribution is 8.00. The quantitative estimate of drug-likeness (QED) is 0.745. The third kappa shape index (κ3) is 6.52. The van der Waals surface area contributed by atoms with E-state index in [1.165, 1.54) is 0 Å². The maximum Gasteiger partial charge on any atom is 0.237 e. The highest BCUT2D eigenvalue weighted by Crippen LogP contribution is 2.17. The van der Waals surface area contributed by atoms with E-state index in [4.69, 9.17) is 0 Å². The number of unbranched alkanes of at least 4 members (excludes halogenated alkanes) is 1. The summed E-state index contributed by atoms with van der Waals surface area (Å²) in [5.41, 5.74) is 1.78. The lowest BCUT2D eigenvalue weighted by Gasteiger charge is -2.16. The van der Waals surface area contributed by atoms with E-state index >= 15 is 0 Å². The first-order valence-corrected chi connectivity index (χ1v) is 8.72. The zero-order valence-electron chi connectivity index (χ0n) is 13.9. The molecule has 0 heterocycles. The molecule has 0 saturated heterocycles. The molecule has 0 fully saturated rings. The van der Waals surface area contributed by atoms with Crippen molar-refractivity contribution in [1.29, 1.82) is 0 Å². The molecule has 0 aliphatic heterocycles. The highest BCUT2D eigenvalue weighted by Gasteiger charge is 2.13. The Morgan fingerprint density at radius 1 is 1.36 bits per heavy atom. The van der Waals surface area contributed by atoms with Gasteiger partial charge in [-0.3, -0.25) is 9.59 Å². The number of thioether (sulfide) groups is 1. The minimum atomic E-state index is -0.0601. The smallest absolute Gasteiger partial charge is 0.237 e. The van der Waals surface area contributed by atoms with Gasteiger partial charge in [0.2, 0.25) is 11.8 Å². The van der Waals surface area contributed by atoms with Gasteiger partial charge in [-0.25, -0.2) is 0 Å². The van der Waals surface area contributed by atoms with E-state index in [1.54, 1.807) is 30.6 Å². The van der Waals surface area contributed by atoms with Gasteiger partial charge in [0.1, 0.15) is 0 Å². The van der Waals surface area contributed by atoms with Gasteiger partial charge in [0.15, 0.2) is 0 Å². The van der Waals surface area contributed by atoms with Crippen molar-refractivity contribution in [1.82, 2.24) is 4.90 Å². The number of amides is 2. The van der Waals surface area contributed by atoms with E-state index in [0.29, 0.717) is 6.54 Å². The van der Waals surface area contributed by atoms with Crippen molar-refractivity contribution in [3.63, 3.8) is 0 Å². The first-order chi connectivity index (χ1) is 10.4. The molecule has 0 saturated carbocycles. The zero-order valence-corrected chi connectivity index (χ0v) is 14.7. The standard InChI is InChI=1S/C17H26N2O2S/c1-5-6-10-22-13(2)17(21)18-16-9-7-8-15(11-16)12-19(4)14(3)20/h7-9,11,13H,5-6,10,12H2,1-4H3,(H,18,21). The number of hydrogen-bond acceptors (Lipinski definition) is 3. The van der Waals surface area contributed by atoms with Gasteiger partial charge in [-0.15, -0.1) is 11.8 Å². The lowest BCUT2D eigenvalue weighted by atomic mass is 10.2. The summed E-state index contributed by atoms with van der Waals surface area (Å²) < 4.78 is 0. The number of rotatable bonds is 8. The molecule has 1 rings (SSSR count). The van der Waals surface area contributed by atoms with Gasteiger partial charge in [-0.05, 0) is 36.8 Å². The van der Waals surface area contributed by atoms with Crippen LogP contribution >= 0.6 is 11.8 Å². The molecule has 1 atom stereocenters. The SMILES string of the molecule is CCCCSC(C)C(=O)Nc1cccc(CN(C)C(C)=O)c1. The van der Waals surface area contributed by atoms with Crippen LogP contribution in [0.5, 0.6) is 0 Å². The van der Waals surface area contributed by atoms with Gasteiger partial charge in [0.05, 0.1) is 5.25 Å². The van der Waals surface area contributed by atoms with Gasteiger partial charge < -0.3 is 10.2 Å². The number of nitrogens with one attached hydrogen (secondary N) is 1. The Kier molecular flexibility index (Phi) is 8.02. The minimum absolute atomic E-state index is 0.0235. The van der Waals surface area contributed by atoms with Crippen molar-refractivity contribution in [2.75, 3.05) is 18.1 Å². The Labute approximate surface area is 137 Å². The van der Waals surface area contributed by atoms with Crippen molar-refractivity contribution < 1.29 is 9.59 Å². The maximum atomic E-state index is 12.2. The molecule has 1 unspecified atom stereocenters. The van der Waals surface area contributed by atoms with E-state index in [0.717, 1.165) is 29.8 Å². The highest BCUT2D eigenvalue weighted by atomic mass is 32.2. The molecular formula is C17H26N2O2S. The van der Waals surface area contributed by atoms with Gasteiger partial charge in [0, 0.05) is 26.2 Å². The van der Waals surface area contributed by atoms with Crippen molar-refractivity contribution >= 4 is 29.3 Å². The van der Waals surface area contributed by atoms with E-state index in [1.807, 2.05) is 31.2 Å². The molecule has 0 spiro atoms. The second kappa shape index (κ2) is 9.51. The van der Waals surface area contributed by atoms with Crippen LogP contribution in [0.4, 0.5) is 5.69 Å². The summed E-state index contributed by atoms with van der Waals surface area (Å²) in [6, 6.07) is 7.64. The van der Waals surface area contributed by atoms with Crippen LogP contribution in [0, 0.1) is 0 Å². The summed E-state index contributed by atoms with van der Waals surface area (Å²) in [4.78, 5) is 25.1. The van der Waals surface area contributed by atoms with Crippen molar-refractivity contribution in [3.8, 4) is 0 Å². The summed E-state index contributed by atoms with van der Waals surface area (Å²) in [6.07, 6.45) is 2.28. The van der Waals surface area contributed by atoms with Crippen LogP contribution in [-0.2, 0) is 16.1 Å². The van der Waals surface area contributed by atoms with Crippen LogP contribution in [0.1, 0.15) is 39.2 Å². The number of nitrogens with zero attached hydrogens (tertiary/aromatic N) is 1. The molecule has 122 valence electrons. The monoisotopic (exact) mass is 322 g/mol. The minimum Gasteiger partial charge on any atom is -0.342 e. The van der Waals surface area contributed by atoms with Crippen LogP contribution in [0.2, 0.25) is 0 Å². The van der Waals surface area contributed by atoms with Crippen molar-refractivity contribution in [2.24, 2.45) is 0 Å². The molecule has 1 aromatic carbocycles. The lowest BCUT2D eigenvalue weighted by molar-refractivity contribution is -0.128. The van der Waals surface area contributed by atoms with Gasteiger partial charge >= 0.3 is 0 Å². The predicted octanol–water partition coefficient (Wildman–Crippen LogP) is 3.53. The fourth-order valence-electron chi connectivity index (χ4n) is 1.86. The molecule has 0 aromatic heterocycles. The molecule has 0 aliphatic rings. The van der Waals surface area contributed by atoms with Crippen molar-refractivity contribution in [3.05, 3.63) is 29.8 Å². The summed E-state index contributed by atoms with van der Waals surface area (Å²) in [6.45, 7) is 6.17. The number of hydrogen-bond donors (Lipinski definition) is 1. The molecule has 5 heteroatoms. The van der Waals surface area contributed by atoms with E-state index in [2.05, 4.69) is 12.2 Å². The molecule has 22 heavy (non-hydrogen) atoms. The number of carbonyl (C=O) groups excluding carboxylic acids is 2. The molecular weight excluding hydrogens is 296 g/mol. The van der Waals surface area contributed by atoms with Gasteiger partial charge in [-0.1, -0.05) is 25.5 Å². The molecule has 1 N–H and O–H groups in total. The largest absolute Gasteiger partial charge is 0.342 e. The van der Waals surface area contributed by atoms with Gasteiger partial charge in [-0.2, -0.15) is 0 Å². The third-order valence-corrected chi connectivity index (χ3v) is 4.63. The number of anilines is 1. The van der Waals surface area contributed by atoms with E-state index < -0.39 is 0 Å². The summed E-state index contributed by atoms with van der Waals surface area (Å²) >= 11 is 1.68. The predicted molar refractivity (Wildman–Crippen MR) is 94.0 cm³/mol. The lowest BCUT2D eigenvalue weighted by Crippen LogP contribution is -2.24. The Morgan fingerprint density at radius 2 is 2.09 bits per heavy atom. The molecule has 2 amide bonds. The Hall–Kier alpha value is -1.49. The average molecular weight is 322 g/mol. The van der Waals surface area contributed by atoms with Crippen LogP contribution < -0.4 is 5.32 Å². The van der Waals surface area contributed by atoms with E-state index in [9.17, 15) is 9.59 Å². The third-order valence-electron chi connectivity index (χ3n) is 3.39. The zero-order chi connectivity index (χ0) is 16.5. The van der Waals surface area contributed by atoms with Crippen LogP contribution in [0.15, 0.2) is 24.3 Å². The Morgan fingerprint density at radius 3 is 2.73 bits per heavy atom. The summed E-state index contributed by atoms with van der Waals surface area (Å²) in [5, 5.41) is 2.89. The second-order valence-corrected chi connectivity index (χ2v) is 6.88. The van der Waals surface area contributed by atoms with Crippen LogP contribution in [0.25, 0.3) is 0 Å². The summed E-state index contributed by atoms with van der Waals surface area (Å²) in [5.74, 6) is 1.06. The molecule has 4 nitrogen and oxygen atoms in total. The van der Waals surface area contributed by atoms with Crippen LogP contribution in [0.3, 0.4) is 0 Å². The molecule has 0 aliphatic carbocycles.